The van der Waals surface area contributed by atoms with Crippen LogP contribution in [-0.4, -0.2) is 31.0 Å². The first-order chi connectivity index (χ1) is 12.6. The average molecular weight is 359 g/mol. The van der Waals surface area contributed by atoms with E-state index in [0.29, 0.717) is 30.0 Å². The Bertz CT molecular complexity index is 787. The summed E-state index contributed by atoms with van der Waals surface area (Å²) in [5.74, 6) is -0.970. The van der Waals surface area contributed by atoms with Crippen molar-refractivity contribution in [2.24, 2.45) is 0 Å². The van der Waals surface area contributed by atoms with Gasteiger partial charge in [-0.15, -0.1) is 0 Å². The molecule has 1 aliphatic rings. The summed E-state index contributed by atoms with van der Waals surface area (Å²) in [6.45, 7) is 2.81. The predicted molar refractivity (Wildman–Crippen MR) is 94.1 cm³/mol. The maximum Gasteiger partial charge on any atom is 0.340 e. The van der Waals surface area contributed by atoms with Crippen molar-refractivity contribution in [1.29, 1.82) is 0 Å². The minimum absolute atomic E-state index is 0.217. The molecule has 3 rings (SSSR count). The van der Waals surface area contributed by atoms with E-state index in [-0.39, 0.29) is 11.9 Å². The number of hydrogen-bond acceptors (Lipinski definition) is 5. The Kier molecular flexibility index (Phi) is 5.96. The lowest BCUT2D eigenvalue weighted by atomic mass is 9.98. The molecule has 1 aromatic heterocycles. The standard InChI is InChI=1S/C20H22FNO4/c1-13-9-15(17(11-22-13)20(23)24-2)16-10-14(6-7-18(16)21)12-26-19-5-3-4-8-25-19/h6-7,9-11,19H,3-5,8,12H2,1-2H3. The second-order valence-corrected chi connectivity index (χ2v) is 6.28. The quantitative estimate of drug-likeness (QED) is 0.755. The van der Waals surface area contributed by atoms with E-state index in [9.17, 15) is 9.18 Å². The van der Waals surface area contributed by atoms with Gasteiger partial charge >= 0.3 is 5.97 Å². The summed E-state index contributed by atoms with van der Waals surface area (Å²) in [6.07, 6.45) is 4.20. The van der Waals surface area contributed by atoms with Gasteiger partial charge in [-0.25, -0.2) is 9.18 Å². The van der Waals surface area contributed by atoms with Crippen LogP contribution in [0.15, 0.2) is 30.5 Å². The van der Waals surface area contributed by atoms with Crippen LogP contribution in [0.3, 0.4) is 0 Å². The van der Waals surface area contributed by atoms with Gasteiger partial charge in [0, 0.05) is 29.6 Å². The molecule has 1 fully saturated rings. The number of aryl methyl sites for hydroxylation is 1. The fourth-order valence-corrected chi connectivity index (χ4v) is 2.96. The van der Waals surface area contributed by atoms with Crippen LogP contribution in [0.2, 0.25) is 0 Å². The van der Waals surface area contributed by atoms with Crippen LogP contribution in [0.1, 0.15) is 40.9 Å². The number of esters is 1. The third kappa shape index (κ3) is 4.26. The SMILES string of the molecule is COC(=O)c1cnc(C)cc1-c1cc(COC2CCCCO2)ccc1F. The summed E-state index contributed by atoms with van der Waals surface area (Å²) in [5, 5.41) is 0. The molecule has 1 atom stereocenters. The van der Waals surface area contributed by atoms with Crippen molar-refractivity contribution in [2.45, 2.75) is 39.1 Å². The summed E-state index contributed by atoms with van der Waals surface area (Å²) < 4.78 is 30.6. The summed E-state index contributed by atoms with van der Waals surface area (Å²) in [7, 11) is 1.29. The highest BCUT2D eigenvalue weighted by molar-refractivity contribution is 5.97. The molecule has 1 aliphatic heterocycles. The van der Waals surface area contributed by atoms with Gasteiger partial charge in [0.2, 0.25) is 0 Å². The molecule has 0 N–H and O–H groups in total. The molecule has 1 unspecified atom stereocenters. The molecule has 1 saturated heterocycles. The van der Waals surface area contributed by atoms with E-state index in [0.717, 1.165) is 24.8 Å². The van der Waals surface area contributed by atoms with Crippen LogP contribution in [0.5, 0.6) is 0 Å². The van der Waals surface area contributed by atoms with E-state index >= 15 is 0 Å². The fourth-order valence-electron chi connectivity index (χ4n) is 2.96. The van der Waals surface area contributed by atoms with E-state index in [1.54, 1.807) is 25.1 Å². The Morgan fingerprint density at radius 1 is 1.31 bits per heavy atom. The van der Waals surface area contributed by atoms with Crippen molar-refractivity contribution in [2.75, 3.05) is 13.7 Å². The zero-order chi connectivity index (χ0) is 18.5. The highest BCUT2D eigenvalue weighted by atomic mass is 19.1. The molecule has 5 nitrogen and oxygen atoms in total. The van der Waals surface area contributed by atoms with Gasteiger partial charge in [-0.1, -0.05) is 6.07 Å². The third-order valence-electron chi connectivity index (χ3n) is 4.34. The largest absolute Gasteiger partial charge is 0.465 e. The van der Waals surface area contributed by atoms with Gasteiger partial charge in [-0.3, -0.25) is 4.98 Å². The van der Waals surface area contributed by atoms with E-state index in [1.807, 2.05) is 0 Å². The number of nitrogens with zero attached hydrogens (tertiary/aromatic N) is 1. The molecule has 2 aromatic rings. The second kappa shape index (κ2) is 8.38. The highest BCUT2D eigenvalue weighted by Gasteiger charge is 2.18. The predicted octanol–water partition coefficient (Wildman–Crippen LogP) is 4.03. The number of hydrogen-bond donors (Lipinski definition) is 0. The van der Waals surface area contributed by atoms with Crippen molar-refractivity contribution >= 4 is 5.97 Å². The Hall–Kier alpha value is -2.31. The van der Waals surface area contributed by atoms with Crippen LogP contribution in [0.4, 0.5) is 4.39 Å². The number of carbonyl (C=O) groups excluding carboxylic acids is 1. The third-order valence-corrected chi connectivity index (χ3v) is 4.34. The topological polar surface area (TPSA) is 57.7 Å². The van der Waals surface area contributed by atoms with E-state index in [2.05, 4.69) is 4.98 Å². The van der Waals surface area contributed by atoms with E-state index < -0.39 is 11.8 Å². The molecule has 26 heavy (non-hydrogen) atoms. The molecule has 0 aliphatic carbocycles. The lowest BCUT2D eigenvalue weighted by Gasteiger charge is -2.22. The van der Waals surface area contributed by atoms with Crippen LogP contribution >= 0.6 is 0 Å². The smallest absolute Gasteiger partial charge is 0.340 e. The summed E-state index contributed by atoms with van der Waals surface area (Å²) in [4.78, 5) is 16.1. The Balaban J connectivity index is 1.88. The summed E-state index contributed by atoms with van der Waals surface area (Å²) in [5.41, 5.74) is 2.50. The van der Waals surface area contributed by atoms with Crippen molar-refractivity contribution in [3.8, 4) is 11.1 Å². The van der Waals surface area contributed by atoms with Gasteiger partial charge in [-0.2, -0.15) is 0 Å². The molecular weight excluding hydrogens is 337 g/mol. The van der Waals surface area contributed by atoms with Crippen LogP contribution in [0, 0.1) is 12.7 Å². The van der Waals surface area contributed by atoms with Gasteiger partial charge in [0.15, 0.2) is 6.29 Å². The minimum Gasteiger partial charge on any atom is -0.465 e. The molecule has 1 aromatic carbocycles. The minimum atomic E-state index is -0.552. The normalized spacial score (nSPS) is 17.1. The molecule has 0 saturated carbocycles. The van der Waals surface area contributed by atoms with Crippen molar-refractivity contribution < 1.29 is 23.4 Å². The number of halogens is 1. The van der Waals surface area contributed by atoms with Crippen LogP contribution < -0.4 is 0 Å². The highest BCUT2D eigenvalue weighted by Crippen LogP contribution is 2.29. The Labute approximate surface area is 152 Å². The van der Waals surface area contributed by atoms with Crippen LogP contribution in [0.25, 0.3) is 11.1 Å². The van der Waals surface area contributed by atoms with Gasteiger partial charge in [0.05, 0.1) is 19.3 Å². The maximum absolute atomic E-state index is 14.5. The maximum atomic E-state index is 14.5. The first kappa shape index (κ1) is 18.5. The molecule has 0 spiro atoms. The Morgan fingerprint density at radius 3 is 2.88 bits per heavy atom. The number of carbonyl (C=O) groups is 1. The molecule has 6 heteroatoms. The number of aromatic nitrogens is 1. The second-order valence-electron chi connectivity index (χ2n) is 6.28. The molecule has 0 amide bonds. The van der Waals surface area contributed by atoms with Gasteiger partial charge in [0.25, 0.3) is 0 Å². The molecule has 138 valence electrons. The van der Waals surface area contributed by atoms with E-state index in [1.165, 1.54) is 19.4 Å². The number of benzene rings is 1. The fraction of sp³-hybridized carbons (Fsp3) is 0.400. The number of pyridine rings is 1. The van der Waals surface area contributed by atoms with Crippen molar-refractivity contribution in [3.63, 3.8) is 0 Å². The first-order valence-corrected chi connectivity index (χ1v) is 8.65. The van der Waals surface area contributed by atoms with Crippen molar-refractivity contribution in [3.05, 3.63) is 53.1 Å². The zero-order valence-electron chi connectivity index (χ0n) is 15.0. The number of ether oxygens (including phenoxy) is 3. The molecule has 0 bridgehead atoms. The number of rotatable bonds is 5. The number of methoxy groups -OCH3 is 1. The lowest BCUT2D eigenvalue weighted by Crippen LogP contribution is -2.22. The van der Waals surface area contributed by atoms with Crippen LogP contribution in [-0.2, 0) is 20.8 Å². The monoisotopic (exact) mass is 359 g/mol. The zero-order valence-corrected chi connectivity index (χ0v) is 15.0. The first-order valence-electron chi connectivity index (χ1n) is 8.65. The summed E-state index contributed by atoms with van der Waals surface area (Å²) in [6, 6.07) is 6.43. The van der Waals surface area contributed by atoms with Gasteiger partial charge < -0.3 is 14.2 Å². The van der Waals surface area contributed by atoms with E-state index in [4.69, 9.17) is 14.2 Å². The molecule has 0 radical (unpaired) electrons. The molecular formula is C20H22FNO4. The van der Waals surface area contributed by atoms with Gasteiger partial charge in [-0.05, 0) is 49.9 Å². The molecule has 2 heterocycles. The Morgan fingerprint density at radius 2 is 2.15 bits per heavy atom. The lowest BCUT2D eigenvalue weighted by molar-refractivity contribution is -0.168. The average Bonchev–Trinajstić information content (AvgIpc) is 2.67. The summed E-state index contributed by atoms with van der Waals surface area (Å²) >= 11 is 0. The van der Waals surface area contributed by atoms with Crippen molar-refractivity contribution in [1.82, 2.24) is 4.98 Å². The van der Waals surface area contributed by atoms with Gasteiger partial charge in [0.1, 0.15) is 5.82 Å².